The third-order valence-corrected chi connectivity index (χ3v) is 3.86. The van der Waals surface area contributed by atoms with Gasteiger partial charge in [-0.3, -0.25) is 9.59 Å². The molecule has 1 heterocycles. The van der Waals surface area contributed by atoms with Crippen molar-refractivity contribution in [2.45, 2.75) is 37.8 Å². The van der Waals surface area contributed by atoms with E-state index in [1.54, 1.807) is 31.3 Å². The fourth-order valence-electron chi connectivity index (χ4n) is 2.58. The number of amides is 1. The van der Waals surface area contributed by atoms with Crippen LogP contribution >= 0.6 is 0 Å². The van der Waals surface area contributed by atoms with E-state index in [-0.39, 0.29) is 17.5 Å². The molecule has 1 aromatic heterocycles. The summed E-state index contributed by atoms with van der Waals surface area (Å²) in [5.41, 5.74) is 0.173. The molecule has 5 heteroatoms. The Morgan fingerprint density at radius 3 is 2.74 bits per heavy atom. The molecule has 2 atom stereocenters. The van der Waals surface area contributed by atoms with Crippen molar-refractivity contribution < 1.29 is 9.90 Å². The van der Waals surface area contributed by atoms with Gasteiger partial charge in [-0.1, -0.05) is 12.8 Å². The quantitative estimate of drug-likeness (QED) is 0.858. The summed E-state index contributed by atoms with van der Waals surface area (Å²) in [5.74, 6) is -0.205. The molecule has 2 rings (SSSR count). The summed E-state index contributed by atoms with van der Waals surface area (Å²) < 4.78 is 1.42. The molecule has 19 heavy (non-hydrogen) atoms. The van der Waals surface area contributed by atoms with E-state index in [4.69, 9.17) is 0 Å². The van der Waals surface area contributed by atoms with Crippen LogP contribution in [0.25, 0.3) is 0 Å². The molecule has 0 aromatic carbocycles. The molecular weight excluding hydrogens is 244 g/mol. The number of likely N-dealkylation sites (N-methyl/N-ethyl adjacent to an activating group) is 1. The Hall–Kier alpha value is -1.62. The summed E-state index contributed by atoms with van der Waals surface area (Å²) in [5, 5.41) is 9.97. The average Bonchev–Trinajstić information content (AvgIpc) is 2.41. The van der Waals surface area contributed by atoms with Gasteiger partial charge in [-0.05, 0) is 18.9 Å². The molecule has 1 aliphatic carbocycles. The summed E-state index contributed by atoms with van der Waals surface area (Å²) in [7, 11) is 3.34. The number of hydrogen-bond donors (Lipinski definition) is 1. The topological polar surface area (TPSA) is 62.5 Å². The van der Waals surface area contributed by atoms with Gasteiger partial charge in [0.2, 0.25) is 0 Å². The maximum atomic E-state index is 12.3. The largest absolute Gasteiger partial charge is 0.391 e. The molecule has 1 N–H and O–H groups in total. The van der Waals surface area contributed by atoms with Gasteiger partial charge >= 0.3 is 0 Å². The number of nitrogens with zero attached hydrogens (tertiary/aromatic N) is 2. The summed E-state index contributed by atoms with van der Waals surface area (Å²) in [6, 6.07) is 2.83. The molecule has 1 aliphatic rings. The monoisotopic (exact) mass is 264 g/mol. The van der Waals surface area contributed by atoms with Crippen LogP contribution in [0.1, 0.15) is 36.0 Å². The number of aliphatic hydroxyl groups excluding tert-OH is 1. The van der Waals surface area contributed by atoms with Crippen LogP contribution in [0.2, 0.25) is 0 Å². The lowest BCUT2D eigenvalue weighted by Gasteiger charge is -2.35. The summed E-state index contributed by atoms with van der Waals surface area (Å²) in [6.45, 7) is 0. The minimum absolute atomic E-state index is 0.148. The van der Waals surface area contributed by atoms with Crippen molar-refractivity contribution in [3.8, 4) is 0 Å². The van der Waals surface area contributed by atoms with Gasteiger partial charge in [0.25, 0.3) is 11.5 Å². The van der Waals surface area contributed by atoms with E-state index in [0.717, 1.165) is 25.7 Å². The van der Waals surface area contributed by atoms with Gasteiger partial charge in [-0.15, -0.1) is 0 Å². The van der Waals surface area contributed by atoms with Gasteiger partial charge < -0.3 is 14.6 Å². The van der Waals surface area contributed by atoms with Crippen LogP contribution in [-0.4, -0.2) is 39.7 Å². The molecule has 0 aliphatic heterocycles. The second kappa shape index (κ2) is 5.57. The summed E-state index contributed by atoms with van der Waals surface area (Å²) >= 11 is 0. The summed E-state index contributed by atoms with van der Waals surface area (Å²) in [6.07, 6.45) is 4.70. The maximum Gasteiger partial charge on any atom is 0.254 e. The lowest BCUT2D eigenvalue weighted by molar-refractivity contribution is 0.0268. The van der Waals surface area contributed by atoms with Crippen molar-refractivity contribution in [2.24, 2.45) is 7.05 Å². The third kappa shape index (κ3) is 2.87. The zero-order chi connectivity index (χ0) is 14.0. The van der Waals surface area contributed by atoms with Crippen LogP contribution in [0.5, 0.6) is 0 Å². The Labute approximate surface area is 112 Å². The molecule has 1 aromatic rings. The second-order valence-corrected chi connectivity index (χ2v) is 5.20. The molecule has 0 saturated heterocycles. The van der Waals surface area contributed by atoms with Gasteiger partial charge in [0.1, 0.15) is 0 Å². The van der Waals surface area contributed by atoms with E-state index in [0.29, 0.717) is 5.56 Å². The van der Waals surface area contributed by atoms with Crippen LogP contribution in [0.15, 0.2) is 23.1 Å². The van der Waals surface area contributed by atoms with Crippen molar-refractivity contribution >= 4 is 5.91 Å². The van der Waals surface area contributed by atoms with Crippen molar-refractivity contribution in [3.05, 3.63) is 34.2 Å². The molecular formula is C14H20N2O3. The van der Waals surface area contributed by atoms with E-state index in [2.05, 4.69) is 0 Å². The van der Waals surface area contributed by atoms with Gasteiger partial charge in [0.05, 0.1) is 12.1 Å². The van der Waals surface area contributed by atoms with Crippen LogP contribution in [0.4, 0.5) is 0 Å². The molecule has 2 unspecified atom stereocenters. The number of carbonyl (C=O) groups excluding carboxylic acids is 1. The number of rotatable bonds is 2. The molecule has 0 radical (unpaired) electrons. The van der Waals surface area contributed by atoms with Crippen LogP contribution < -0.4 is 5.56 Å². The molecule has 5 nitrogen and oxygen atoms in total. The zero-order valence-electron chi connectivity index (χ0n) is 11.4. The van der Waals surface area contributed by atoms with Crippen molar-refractivity contribution in [2.75, 3.05) is 7.05 Å². The number of aliphatic hydroxyl groups is 1. The molecule has 1 saturated carbocycles. The molecule has 1 fully saturated rings. The Bertz CT molecular complexity index is 524. The highest BCUT2D eigenvalue weighted by Gasteiger charge is 2.29. The SMILES string of the molecule is CN(C(=O)c1ccn(C)c(=O)c1)C1CCCCC1O. The van der Waals surface area contributed by atoms with Gasteiger partial charge in [-0.25, -0.2) is 0 Å². The third-order valence-electron chi connectivity index (χ3n) is 3.86. The molecule has 0 spiro atoms. The highest BCUT2D eigenvalue weighted by atomic mass is 16.3. The smallest absolute Gasteiger partial charge is 0.254 e. The maximum absolute atomic E-state index is 12.3. The Morgan fingerprint density at radius 2 is 2.11 bits per heavy atom. The highest BCUT2D eigenvalue weighted by molar-refractivity contribution is 5.94. The van der Waals surface area contributed by atoms with Gasteiger partial charge in [0.15, 0.2) is 0 Å². The molecule has 0 bridgehead atoms. The minimum atomic E-state index is -0.464. The summed E-state index contributed by atoms with van der Waals surface area (Å²) in [4.78, 5) is 25.4. The first-order chi connectivity index (χ1) is 9.00. The zero-order valence-corrected chi connectivity index (χ0v) is 11.4. The lowest BCUT2D eigenvalue weighted by atomic mass is 9.91. The van der Waals surface area contributed by atoms with Gasteiger partial charge in [-0.2, -0.15) is 0 Å². The van der Waals surface area contributed by atoms with E-state index in [1.165, 1.54) is 10.6 Å². The Balaban J connectivity index is 2.18. The van der Waals surface area contributed by atoms with Crippen LogP contribution in [0.3, 0.4) is 0 Å². The van der Waals surface area contributed by atoms with E-state index in [1.807, 2.05) is 0 Å². The number of hydrogen-bond acceptors (Lipinski definition) is 3. The first-order valence-corrected chi connectivity index (χ1v) is 6.62. The Kier molecular flexibility index (Phi) is 4.04. The number of pyridine rings is 1. The normalized spacial score (nSPS) is 23.1. The van der Waals surface area contributed by atoms with Crippen molar-refractivity contribution in [3.63, 3.8) is 0 Å². The fourth-order valence-corrected chi connectivity index (χ4v) is 2.58. The van der Waals surface area contributed by atoms with E-state index >= 15 is 0 Å². The standard InChI is InChI=1S/C14H20N2O3/c1-15-8-7-10(9-13(15)18)14(19)16(2)11-5-3-4-6-12(11)17/h7-9,11-12,17H,3-6H2,1-2H3. The highest BCUT2D eigenvalue weighted by Crippen LogP contribution is 2.23. The van der Waals surface area contributed by atoms with E-state index in [9.17, 15) is 14.7 Å². The predicted molar refractivity (Wildman–Crippen MR) is 72.0 cm³/mol. The minimum Gasteiger partial charge on any atom is -0.391 e. The number of aryl methyl sites for hydroxylation is 1. The first kappa shape index (κ1) is 13.8. The lowest BCUT2D eigenvalue weighted by Crippen LogP contribution is -2.46. The Morgan fingerprint density at radius 1 is 1.42 bits per heavy atom. The van der Waals surface area contributed by atoms with Crippen molar-refractivity contribution in [1.29, 1.82) is 0 Å². The predicted octanol–water partition coefficient (Wildman–Crippen LogP) is 0.761. The van der Waals surface area contributed by atoms with Crippen LogP contribution in [0, 0.1) is 0 Å². The molecule has 1 amide bonds. The average molecular weight is 264 g/mol. The fraction of sp³-hybridized carbons (Fsp3) is 0.571. The number of carbonyl (C=O) groups is 1. The van der Waals surface area contributed by atoms with E-state index < -0.39 is 6.10 Å². The number of aromatic nitrogens is 1. The van der Waals surface area contributed by atoms with Gasteiger partial charge in [0, 0.05) is 31.9 Å². The van der Waals surface area contributed by atoms with Crippen LogP contribution in [-0.2, 0) is 7.05 Å². The molecule has 104 valence electrons. The first-order valence-electron chi connectivity index (χ1n) is 6.62. The second-order valence-electron chi connectivity index (χ2n) is 5.20. The van der Waals surface area contributed by atoms with Crippen molar-refractivity contribution in [1.82, 2.24) is 9.47 Å².